The van der Waals surface area contributed by atoms with E-state index in [1.165, 1.54) is 23.7 Å². The first kappa shape index (κ1) is 19.4. The van der Waals surface area contributed by atoms with E-state index >= 15 is 0 Å². The van der Waals surface area contributed by atoms with Gasteiger partial charge in [0, 0.05) is 42.7 Å². The standard InChI is InChI=1S/C17H31N5S2/c1-5-18-15(20-13-17(2,3)23-4)19-9-8-14-12-24-16(21-14)22-10-6-7-11-22/h12H,5-11,13H2,1-4H3,(H2,18,19,20). The molecule has 7 heteroatoms. The van der Waals surface area contributed by atoms with E-state index in [9.17, 15) is 0 Å². The average molecular weight is 370 g/mol. The Bertz CT molecular complexity index is 521. The summed E-state index contributed by atoms with van der Waals surface area (Å²) in [6, 6.07) is 0. The molecule has 0 bridgehead atoms. The summed E-state index contributed by atoms with van der Waals surface area (Å²) in [5, 5.41) is 10.1. The molecule has 1 aliphatic heterocycles. The molecule has 2 rings (SSSR count). The molecule has 2 heterocycles. The van der Waals surface area contributed by atoms with E-state index < -0.39 is 0 Å². The number of nitrogens with zero attached hydrogens (tertiary/aromatic N) is 3. The van der Waals surface area contributed by atoms with Gasteiger partial charge in [-0.1, -0.05) is 0 Å². The zero-order valence-corrected chi connectivity index (χ0v) is 17.0. The predicted molar refractivity (Wildman–Crippen MR) is 109 cm³/mol. The van der Waals surface area contributed by atoms with Gasteiger partial charge in [0.15, 0.2) is 11.1 Å². The van der Waals surface area contributed by atoms with E-state index in [0.29, 0.717) is 0 Å². The smallest absolute Gasteiger partial charge is 0.191 e. The van der Waals surface area contributed by atoms with E-state index in [-0.39, 0.29) is 4.75 Å². The third kappa shape index (κ3) is 6.16. The second kappa shape index (κ2) is 9.51. The molecule has 0 atom stereocenters. The fraction of sp³-hybridized carbons (Fsp3) is 0.765. The van der Waals surface area contributed by atoms with Gasteiger partial charge in [-0.3, -0.25) is 4.99 Å². The number of aliphatic imine (C=N–C) groups is 1. The Hall–Kier alpha value is -0.950. The second-order valence-electron chi connectivity index (χ2n) is 6.65. The molecule has 24 heavy (non-hydrogen) atoms. The van der Waals surface area contributed by atoms with Gasteiger partial charge in [0.05, 0.1) is 12.2 Å². The Kier molecular flexibility index (Phi) is 7.68. The number of thioether (sulfide) groups is 1. The van der Waals surface area contributed by atoms with E-state index in [1.807, 2.05) is 11.8 Å². The van der Waals surface area contributed by atoms with Crippen molar-refractivity contribution in [3.8, 4) is 0 Å². The maximum Gasteiger partial charge on any atom is 0.191 e. The fourth-order valence-corrected chi connectivity index (χ4v) is 3.56. The molecule has 1 saturated heterocycles. The highest BCUT2D eigenvalue weighted by molar-refractivity contribution is 7.99. The van der Waals surface area contributed by atoms with Gasteiger partial charge in [0.1, 0.15) is 0 Å². The van der Waals surface area contributed by atoms with Crippen LogP contribution in [-0.4, -0.2) is 54.7 Å². The monoisotopic (exact) mass is 369 g/mol. The summed E-state index contributed by atoms with van der Waals surface area (Å²) in [6.07, 6.45) is 5.66. The summed E-state index contributed by atoms with van der Waals surface area (Å²) in [5.74, 6) is 0.898. The topological polar surface area (TPSA) is 52.6 Å². The summed E-state index contributed by atoms with van der Waals surface area (Å²) in [5.41, 5.74) is 1.18. The van der Waals surface area contributed by atoms with Crippen LogP contribution in [0.4, 0.5) is 5.13 Å². The van der Waals surface area contributed by atoms with Gasteiger partial charge in [-0.15, -0.1) is 11.3 Å². The van der Waals surface area contributed by atoms with Crippen molar-refractivity contribution in [1.29, 1.82) is 0 Å². The maximum atomic E-state index is 4.77. The van der Waals surface area contributed by atoms with Crippen LogP contribution in [-0.2, 0) is 6.42 Å². The number of thiazole rings is 1. The Labute approximate surface area is 154 Å². The van der Waals surface area contributed by atoms with E-state index in [1.54, 1.807) is 11.3 Å². The Morgan fingerprint density at radius 2 is 2.12 bits per heavy atom. The van der Waals surface area contributed by atoms with Crippen molar-refractivity contribution in [1.82, 2.24) is 15.6 Å². The molecule has 0 radical (unpaired) electrons. The first-order chi connectivity index (χ1) is 11.5. The van der Waals surface area contributed by atoms with Gasteiger partial charge in [0.25, 0.3) is 0 Å². The van der Waals surface area contributed by atoms with Crippen molar-refractivity contribution in [3.63, 3.8) is 0 Å². The molecule has 136 valence electrons. The number of hydrogen-bond acceptors (Lipinski definition) is 5. The number of guanidine groups is 1. The lowest BCUT2D eigenvalue weighted by Crippen LogP contribution is -2.39. The maximum absolute atomic E-state index is 4.77. The van der Waals surface area contributed by atoms with Crippen LogP contribution in [0.5, 0.6) is 0 Å². The SMILES string of the molecule is CCNC(=NCC(C)(C)SC)NCCc1csc(N2CCCC2)n1. The molecule has 2 N–H and O–H groups in total. The van der Waals surface area contributed by atoms with Crippen molar-refractivity contribution in [2.45, 2.75) is 44.8 Å². The summed E-state index contributed by atoms with van der Waals surface area (Å²) in [7, 11) is 0. The highest BCUT2D eigenvalue weighted by Gasteiger charge is 2.16. The molecule has 0 saturated carbocycles. The zero-order chi connectivity index (χ0) is 17.4. The minimum Gasteiger partial charge on any atom is -0.357 e. The molecule has 0 amide bonds. The van der Waals surface area contributed by atoms with E-state index in [4.69, 9.17) is 9.98 Å². The van der Waals surface area contributed by atoms with Gasteiger partial charge >= 0.3 is 0 Å². The lowest BCUT2D eigenvalue weighted by Gasteiger charge is -2.20. The normalized spacial score (nSPS) is 15.8. The fourth-order valence-electron chi connectivity index (χ4n) is 2.45. The number of rotatable bonds is 8. The average Bonchev–Trinajstić information content (AvgIpc) is 3.24. The van der Waals surface area contributed by atoms with Crippen LogP contribution in [0.1, 0.15) is 39.3 Å². The number of hydrogen-bond donors (Lipinski definition) is 2. The third-order valence-corrected chi connectivity index (χ3v) is 6.29. The van der Waals surface area contributed by atoms with Crippen LogP contribution in [0.3, 0.4) is 0 Å². The van der Waals surface area contributed by atoms with Gasteiger partial charge in [-0.05, 0) is 39.9 Å². The summed E-state index contributed by atoms with van der Waals surface area (Å²) in [6.45, 7) is 11.4. The van der Waals surface area contributed by atoms with Gasteiger partial charge in [-0.25, -0.2) is 4.98 Å². The first-order valence-electron chi connectivity index (χ1n) is 8.81. The molecule has 0 aliphatic carbocycles. The largest absolute Gasteiger partial charge is 0.357 e. The van der Waals surface area contributed by atoms with E-state index in [2.05, 4.69) is 47.9 Å². The van der Waals surface area contributed by atoms with Crippen molar-refractivity contribution in [2.75, 3.05) is 43.9 Å². The highest BCUT2D eigenvalue weighted by Crippen LogP contribution is 2.24. The number of anilines is 1. The summed E-state index contributed by atoms with van der Waals surface area (Å²) < 4.78 is 0.169. The quantitative estimate of drug-likeness (QED) is 0.545. The molecule has 1 aromatic heterocycles. The van der Waals surface area contributed by atoms with Crippen LogP contribution in [0.2, 0.25) is 0 Å². The predicted octanol–water partition coefficient (Wildman–Crippen LogP) is 2.98. The lowest BCUT2D eigenvalue weighted by atomic mass is 10.2. The summed E-state index contributed by atoms with van der Waals surface area (Å²) in [4.78, 5) is 11.9. The molecule has 0 aromatic carbocycles. The molecule has 0 spiro atoms. The third-order valence-electron chi connectivity index (χ3n) is 4.10. The first-order valence-corrected chi connectivity index (χ1v) is 10.9. The van der Waals surface area contributed by atoms with Gasteiger partial charge < -0.3 is 15.5 Å². The molecular formula is C17H31N5S2. The van der Waals surface area contributed by atoms with Crippen molar-refractivity contribution in [2.24, 2.45) is 4.99 Å². The molecule has 5 nitrogen and oxygen atoms in total. The Balaban J connectivity index is 1.80. The highest BCUT2D eigenvalue weighted by atomic mass is 32.2. The zero-order valence-electron chi connectivity index (χ0n) is 15.4. The van der Waals surface area contributed by atoms with Crippen LogP contribution >= 0.6 is 23.1 Å². The minimum absolute atomic E-state index is 0.169. The summed E-state index contributed by atoms with van der Waals surface area (Å²) >= 11 is 3.62. The van der Waals surface area contributed by atoms with Crippen molar-refractivity contribution < 1.29 is 0 Å². The van der Waals surface area contributed by atoms with Crippen LogP contribution in [0.25, 0.3) is 0 Å². The van der Waals surface area contributed by atoms with Crippen LogP contribution < -0.4 is 15.5 Å². The second-order valence-corrected chi connectivity index (χ2v) is 9.00. The van der Waals surface area contributed by atoms with Gasteiger partial charge in [0.2, 0.25) is 0 Å². The van der Waals surface area contributed by atoms with Crippen LogP contribution in [0, 0.1) is 0 Å². The molecule has 1 fully saturated rings. The van der Waals surface area contributed by atoms with E-state index in [0.717, 1.165) is 45.1 Å². The Morgan fingerprint density at radius 1 is 1.38 bits per heavy atom. The van der Waals surface area contributed by atoms with Crippen LogP contribution in [0.15, 0.2) is 10.4 Å². The molecule has 1 aromatic rings. The van der Waals surface area contributed by atoms with Gasteiger partial charge in [-0.2, -0.15) is 11.8 Å². The Morgan fingerprint density at radius 3 is 2.79 bits per heavy atom. The van der Waals surface area contributed by atoms with Crippen molar-refractivity contribution >= 4 is 34.2 Å². The minimum atomic E-state index is 0.169. The van der Waals surface area contributed by atoms with Crippen molar-refractivity contribution in [3.05, 3.63) is 11.1 Å². The lowest BCUT2D eigenvalue weighted by molar-refractivity contribution is 0.709. The molecular weight excluding hydrogens is 338 g/mol. The number of aromatic nitrogens is 1. The molecule has 1 aliphatic rings. The molecule has 0 unspecified atom stereocenters. The number of nitrogens with one attached hydrogen (secondary N) is 2.